The second-order valence-electron chi connectivity index (χ2n) is 9.20. The summed E-state index contributed by atoms with van der Waals surface area (Å²) >= 11 is 1.42. The minimum absolute atomic E-state index is 0.155. The van der Waals surface area contributed by atoms with Gasteiger partial charge in [-0.2, -0.15) is 0 Å². The number of thiazole rings is 1. The van der Waals surface area contributed by atoms with E-state index in [0.717, 1.165) is 13.4 Å². The first-order chi connectivity index (χ1) is 19.6. The molecule has 216 valence electrons. The van der Waals surface area contributed by atoms with E-state index in [2.05, 4.69) is 15.3 Å². The van der Waals surface area contributed by atoms with Gasteiger partial charge in [0.05, 0.1) is 25.8 Å². The zero-order chi connectivity index (χ0) is 29.4. The number of esters is 1. The molecule has 0 saturated heterocycles. The number of hydrogen-bond acceptors (Lipinski definition) is 9. The summed E-state index contributed by atoms with van der Waals surface area (Å²) in [5.74, 6) is -2.14. The highest BCUT2D eigenvalue weighted by atomic mass is 32.2. The minimum Gasteiger partial charge on any atom is -0.467 e. The fourth-order valence-electron chi connectivity index (χ4n) is 4.12. The number of imidazole rings is 1. The first-order valence-electron chi connectivity index (χ1n) is 12.6. The van der Waals surface area contributed by atoms with Gasteiger partial charge in [0, 0.05) is 42.3 Å². The Hall–Kier alpha value is -3.94. The summed E-state index contributed by atoms with van der Waals surface area (Å²) in [6, 6.07) is 9.58. The van der Waals surface area contributed by atoms with Gasteiger partial charge < -0.3 is 19.4 Å². The van der Waals surface area contributed by atoms with Crippen LogP contribution in [0.3, 0.4) is 0 Å². The van der Waals surface area contributed by atoms with Gasteiger partial charge in [0.1, 0.15) is 32.8 Å². The number of methoxy groups -OCH3 is 1. The lowest BCUT2D eigenvalue weighted by atomic mass is 9.94. The Kier molecular flexibility index (Phi) is 9.97. The molecule has 41 heavy (non-hydrogen) atoms. The second-order valence-corrected chi connectivity index (χ2v) is 12.4. The quantitative estimate of drug-likeness (QED) is 0.230. The summed E-state index contributed by atoms with van der Waals surface area (Å²) in [6.07, 6.45) is 7.23. The van der Waals surface area contributed by atoms with Gasteiger partial charge in [0.25, 0.3) is 5.91 Å². The van der Waals surface area contributed by atoms with Crippen molar-refractivity contribution in [2.24, 2.45) is 0 Å². The molecule has 2 aromatic carbocycles. The molecule has 2 aromatic heterocycles. The second kappa shape index (κ2) is 13.6. The van der Waals surface area contributed by atoms with Gasteiger partial charge in [0.2, 0.25) is 0 Å². The molecular formula is C28H29FN4O6S2. The molecule has 4 aromatic rings. The minimum atomic E-state index is -3.39. The van der Waals surface area contributed by atoms with Gasteiger partial charge in [-0.25, -0.2) is 27.6 Å². The van der Waals surface area contributed by atoms with Crippen molar-refractivity contribution >= 4 is 33.1 Å². The molecule has 0 bridgehead atoms. The molecule has 0 saturated carbocycles. The van der Waals surface area contributed by atoms with Gasteiger partial charge in [0.15, 0.2) is 0 Å². The van der Waals surface area contributed by atoms with E-state index in [0.29, 0.717) is 34.8 Å². The summed E-state index contributed by atoms with van der Waals surface area (Å²) in [4.78, 5) is 34.3. The first kappa shape index (κ1) is 30.0. The molecule has 1 amide bonds. The zero-order valence-electron chi connectivity index (χ0n) is 22.4. The van der Waals surface area contributed by atoms with Crippen LogP contribution < -0.4 is 5.32 Å². The number of hydrogen-bond donors (Lipinski definition) is 1. The maximum absolute atomic E-state index is 13.8. The van der Waals surface area contributed by atoms with Crippen LogP contribution in [0.1, 0.15) is 33.5 Å². The van der Waals surface area contributed by atoms with Crippen molar-refractivity contribution in [3.8, 4) is 11.1 Å². The summed E-state index contributed by atoms with van der Waals surface area (Å²) < 4.78 is 50.1. The Morgan fingerprint density at radius 3 is 2.56 bits per heavy atom. The largest absolute Gasteiger partial charge is 0.467 e. The van der Waals surface area contributed by atoms with Crippen LogP contribution in [0.4, 0.5) is 4.39 Å². The lowest BCUT2D eigenvalue weighted by molar-refractivity contribution is -0.142. The highest BCUT2D eigenvalue weighted by Gasteiger charge is 2.26. The summed E-state index contributed by atoms with van der Waals surface area (Å²) in [7, 11) is -2.23. The SMILES string of the molecule is COC(=O)[C@H](CCS(C)(=O)=O)NC(=O)c1ccc(C(OCCn2ccnc2)c2nccs2)cc1-c1ccc(F)cc1. The molecule has 0 spiro atoms. The number of ether oxygens (including phenoxy) is 2. The smallest absolute Gasteiger partial charge is 0.328 e. The number of halogens is 1. The van der Waals surface area contributed by atoms with E-state index in [-0.39, 0.29) is 17.7 Å². The number of amides is 1. The molecule has 1 N–H and O–H groups in total. The van der Waals surface area contributed by atoms with Gasteiger partial charge in [-0.05, 0) is 47.4 Å². The molecule has 0 radical (unpaired) electrons. The lowest BCUT2D eigenvalue weighted by Crippen LogP contribution is -2.42. The molecule has 2 atom stereocenters. The predicted octanol–water partition coefficient (Wildman–Crippen LogP) is 3.66. The molecule has 0 fully saturated rings. The van der Waals surface area contributed by atoms with Crippen LogP contribution in [0.2, 0.25) is 0 Å². The fourth-order valence-corrected chi connectivity index (χ4v) is 5.49. The van der Waals surface area contributed by atoms with Crippen molar-refractivity contribution in [3.05, 3.63) is 94.7 Å². The predicted molar refractivity (Wildman–Crippen MR) is 152 cm³/mol. The fraction of sp³-hybridized carbons (Fsp3) is 0.286. The van der Waals surface area contributed by atoms with E-state index in [9.17, 15) is 22.4 Å². The monoisotopic (exact) mass is 600 g/mol. The van der Waals surface area contributed by atoms with Crippen LogP contribution in [-0.4, -0.2) is 66.6 Å². The highest BCUT2D eigenvalue weighted by molar-refractivity contribution is 7.90. The normalized spacial score (nSPS) is 13.0. The average Bonchev–Trinajstić information content (AvgIpc) is 3.67. The van der Waals surface area contributed by atoms with Crippen LogP contribution in [0, 0.1) is 5.82 Å². The molecular weight excluding hydrogens is 571 g/mol. The summed E-state index contributed by atoms with van der Waals surface area (Å²) in [5.41, 5.74) is 1.93. The molecule has 0 aliphatic heterocycles. The summed E-state index contributed by atoms with van der Waals surface area (Å²) in [5, 5.41) is 5.16. The van der Waals surface area contributed by atoms with Crippen LogP contribution >= 0.6 is 11.3 Å². The number of aromatic nitrogens is 3. The van der Waals surface area contributed by atoms with Gasteiger partial charge in [-0.3, -0.25) is 4.79 Å². The molecule has 13 heteroatoms. The van der Waals surface area contributed by atoms with Gasteiger partial charge in [-0.15, -0.1) is 11.3 Å². The van der Waals surface area contributed by atoms with Crippen molar-refractivity contribution in [1.29, 1.82) is 0 Å². The van der Waals surface area contributed by atoms with Crippen molar-refractivity contribution < 1.29 is 31.9 Å². The number of nitrogens with zero attached hydrogens (tertiary/aromatic N) is 3. The van der Waals surface area contributed by atoms with E-state index in [1.54, 1.807) is 49.1 Å². The molecule has 0 aliphatic rings. The number of carbonyl (C=O) groups is 2. The van der Waals surface area contributed by atoms with Crippen LogP contribution in [0.25, 0.3) is 11.1 Å². The zero-order valence-corrected chi connectivity index (χ0v) is 24.0. The van der Waals surface area contributed by atoms with Crippen molar-refractivity contribution in [2.45, 2.75) is 25.1 Å². The number of benzene rings is 2. The average molecular weight is 601 g/mol. The van der Waals surface area contributed by atoms with E-state index in [1.165, 1.54) is 23.5 Å². The molecule has 10 nitrogen and oxygen atoms in total. The molecule has 1 unspecified atom stereocenters. The third-order valence-corrected chi connectivity index (χ3v) is 7.98. The number of rotatable bonds is 13. The highest BCUT2D eigenvalue weighted by Crippen LogP contribution is 2.33. The van der Waals surface area contributed by atoms with Crippen molar-refractivity contribution in [2.75, 3.05) is 25.7 Å². The third-order valence-electron chi connectivity index (χ3n) is 6.18. The molecule has 0 aliphatic carbocycles. The maximum Gasteiger partial charge on any atom is 0.328 e. The van der Waals surface area contributed by atoms with Crippen molar-refractivity contribution in [3.63, 3.8) is 0 Å². The summed E-state index contributed by atoms with van der Waals surface area (Å²) in [6.45, 7) is 0.922. The van der Waals surface area contributed by atoms with E-state index < -0.39 is 39.7 Å². The Labute approximate surface area is 241 Å². The Morgan fingerprint density at radius 1 is 1.15 bits per heavy atom. The van der Waals surface area contributed by atoms with Crippen LogP contribution in [0.5, 0.6) is 0 Å². The Morgan fingerprint density at radius 2 is 1.93 bits per heavy atom. The van der Waals surface area contributed by atoms with E-state index >= 15 is 0 Å². The first-order valence-corrected chi connectivity index (χ1v) is 15.5. The van der Waals surface area contributed by atoms with E-state index in [4.69, 9.17) is 9.47 Å². The Balaban J connectivity index is 1.68. The molecule has 2 heterocycles. The standard InChI is InChI=1S/C28H29FN4O6S2/c1-38-28(35)24(9-16-41(2,36)37)32-26(34)22-8-5-20(17-23(22)19-3-6-21(29)7-4-19)25(27-31-11-15-40-27)39-14-13-33-12-10-30-18-33/h3-8,10-12,15,17-18,24-25H,9,13-14,16H2,1-2H3,(H,32,34)/t24-,25?/m0/s1. The van der Waals surface area contributed by atoms with Gasteiger partial charge >= 0.3 is 5.97 Å². The number of carbonyl (C=O) groups excluding carboxylic acids is 2. The van der Waals surface area contributed by atoms with E-state index in [1.807, 2.05) is 16.1 Å². The lowest BCUT2D eigenvalue weighted by Gasteiger charge is -2.20. The Bertz CT molecular complexity index is 1560. The van der Waals surface area contributed by atoms with Crippen molar-refractivity contribution in [1.82, 2.24) is 19.9 Å². The van der Waals surface area contributed by atoms with Crippen LogP contribution in [0.15, 0.2) is 72.8 Å². The van der Waals surface area contributed by atoms with Gasteiger partial charge in [-0.1, -0.05) is 18.2 Å². The molecule has 4 rings (SSSR count). The van der Waals surface area contributed by atoms with Crippen LogP contribution in [-0.2, 0) is 30.7 Å². The topological polar surface area (TPSA) is 129 Å². The number of nitrogens with one attached hydrogen (secondary N) is 1. The third kappa shape index (κ3) is 8.28. The number of sulfone groups is 1. The maximum atomic E-state index is 13.8.